The van der Waals surface area contributed by atoms with E-state index < -0.39 is 12.2 Å². The molecule has 2 atom stereocenters. The zero-order chi connectivity index (χ0) is 26.6. The van der Waals surface area contributed by atoms with Crippen molar-refractivity contribution in [1.29, 1.82) is 0 Å². The van der Waals surface area contributed by atoms with Gasteiger partial charge in [-0.2, -0.15) is 0 Å². The second kappa shape index (κ2) is 11.0. The van der Waals surface area contributed by atoms with Gasteiger partial charge < -0.3 is 15.1 Å². The second-order valence-corrected chi connectivity index (χ2v) is 9.41. The standard InChI is InChI=1S/C29H30FN5O3/c1-2-33-20-26(36)34-25(35(33)29(38)31-17-21-9-5-3-6-10-21)19-32(18-22-13-15-24(30)16-14-22)28(37)27(34)23-11-7-4-8-12-23/h3-16,25,27H,2,17-20H2,1H3,(H,31,38)/t25-,27-/m0/s1. The molecule has 2 heterocycles. The molecule has 2 aliphatic rings. The summed E-state index contributed by atoms with van der Waals surface area (Å²) in [5, 5.41) is 6.27. The summed E-state index contributed by atoms with van der Waals surface area (Å²) in [6, 6.07) is 23.5. The molecule has 38 heavy (non-hydrogen) atoms. The number of hydrogen-bond acceptors (Lipinski definition) is 4. The molecule has 2 aliphatic heterocycles. The summed E-state index contributed by atoms with van der Waals surface area (Å²) in [5.41, 5.74) is 2.39. The maximum Gasteiger partial charge on any atom is 0.334 e. The van der Waals surface area contributed by atoms with E-state index in [1.807, 2.05) is 67.6 Å². The summed E-state index contributed by atoms with van der Waals surface area (Å²) in [7, 11) is 0. The van der Waals surface area contributed by atoms with Gasteiger partial charge in [0, 0.05) is 19.6 Å². The number of hydrazine groups is 1. The maximum absolute atomic E-state index is 13.9. The number of hydrogen-bond donors (Lipinski definition) is 1. The first-order valence-electron chi connectivity index (χ1n) is 12.7. The van der Waals surface area contributed by atoms with Crippen molar-refractivity contribution in [2.24, 2.45) is 0 Å². The number of nitrogens with zero attached hydrogens (tertiary/aromatic N) is 4. The highest BCUT2D eigenvalue weighted by atomic mass is 19.1. The van der Waals surface area contributed by atoms with Gasteiger partial charge in [0.05, 0.1) is 13.1 Å². The number of fused-ring (bicyclic) bond motifs is 1. The Kier molecular flexibility index (Phi) is 7.37. The summed E-state index contributed by atoms with van der Waals surface area (Å²) in [6.45, 7) is 3.00. The van der Waals surface area contributed by atoms with Gasteiger partial charge in [-0.1, -0.05) is 79.7 Å². The van der Waals surface area contributed by atoms with E-state index in [0.717, 1.165) is 11.1 Å². The summed E-state index contributed by atoms with van der Waals surface area (Å²) in [6.07, 6.45) is -0.713. The van der Waals surface area contributed by atoms with Crippen molar-refractivity contribution in [3.05, 3.63) is 107 Å². The first-order chi connectivity index (χ1) is 18.5. The van der Waals surface area contributed by atoms with E-state index in [-0.39, 0.29) is 43.3 Å². The Morgan fingerprint density at radius 2 is 1.58 bits per heavy atom. The Morgan fingerprint density at radius 1 is 0.921 bits per heavy atom. The van der Waals surface area contributed by atoms with Crippen molar-refractivity contribution in [3.63, 3.8) is 0 Å². The predicted octanol–water partition coefficient (Wildman–Crippen LogP) is 3.53. The zero-order valence-electron chi connectivity index (χ0n) is 21.2. The second-order valence-electron chi connectivity index (χ2n) is 9.41. The van der Waals surface area contributed by atoms with Gasteiger partial charge in [-0.05, 0) is 28.8 Å². The van der Waals surface area contributed by atoms with Crippen molar-refractivity contribution in [2.75, 3.05) is 19.6 Å². The highest BCUT2D eigenvalue weighted by molar-refractivity contribution is 5.92. The molecular weight excluding hydrogens is 485 g/mol. The van der Waals surface area contributed by atoms with E-state index in [1.54, 1.807) is 32.0 Å². The smallest absolute Gasteiger partial charge is 0.333 e. The van der Waals surface area contributed by atoms with E-state index in [4.69, 9.17) is 0 Å². The van der Waals surface area contributed by atoms with Gasteiger partial charge in [-0.15, -0.1) is 0 Å². The molecule has 9 heteroatoms. The van der Waals surface area contributed by atoms with Gasteiger partial charge in [-0.25, -0.2) is 19.2 Å². The Labute approximate surface area is 221 Å². The largest absolute Gasteiger partial charge is 0.334 e. The lowest BCUT2D eigenvalue weighted by Crippen LogP contribution is -2.74. The summed E-state index contributed by atoms with van der Waals surface area (Å²) in [5.74, 6) is -0.808. The summed E-state index contributed by atoms with van der Waals surface area (Å²) >= 11 is 0. The van der Waals surface area contributed by atoms with Gasteiger partial charge in [0.15, 0.2) is 0 Å². The molecule has 5 rings (SSSR count). The first kappa shape index (κ1) is 25.4. The van der Waals surface area contributed by atoms with E-state index in [2.05, 4.69) is 5.32 Å². The highest BCUT2D eigenvalue weighted by Crippen LogP contribution is 2.35. The zero-order valence-corrected chi connectivity index (χ0v) is 21.2. The van der Waals surface area contributed by atoms with Crippen LogP contribution in [-0.2, 0) is 22.7 Å². The number of piperazine rings is 1. The molecule has 196 valence electrons. The van der Waals surface area contributed by atoms with E-state index in [0.29, 0.717) is 18.7 Å². The monoisotopic (exact) mass is 515 g/mol. The fraction of sp³-hybridized carbons (Fsp3) is 0.276. The van der Waals surface area contributed by atoms with Crippen LogP contribution in [0.4, 0.5) is 9.18 Å². The number of rotatable bonds is 6. The van der Waals surface area contributed by atoms with Gasteiger partial charge >= 0.3 is 6.03 Å². The normalized spacial score (nSPS) is 19.9. The molecule has 0 aliphatic carbocycles. The van der Waals surface area contributed by atoms with E-state index in [1.165, 1.54) is 12.1 Å². The average Bonchev–Trinajstić information content (AvgIpc) is 2.94. The Bertz CT molecular complexity index is 1290. The number of urea groups is 1. The van der Waals surface area contributed by atoms with Crippen LogP contribution in [0.2, 0.25) is 0 Å². The lowest BCUT2D eigenvalue weighted by molar-refractivity contribution is -0.191. The predicted molar refractivity (Wildman–Crippen MR) is 139 cm³/mol. The van der Waals surface area contributed by atoms with Crippen LogP contribution in [0, 0.1) is 5.82 Å². The van der Waals surface area contributed by atoms with Crippen LogP contribution in [0.1, 0.15) is 29.7 Å². The van der Waals surface area contributed by atoms with Crippen LogP contribution < -0.4 is 5.32 Å². The molecule has 0 radical (unpaired) electrons. The van der Waals surface area contributed by atoms with Crippen molar-refractivity contribution in [3.8, 4) is 0 Å². The Balaban J connectivity index is 1.49. The fourth-order valence-corrected chi connectivity index (χ4v) is 5.12. The molecule has 0 bridgehead atoms. The number of amides is 4. The van der Waals surface area contributed by atoms with Crippen molar-refractivity contribution < 1.29 is 18.8 Å². The Morgan fingerprint density at radius 3 is 2.24 bits per heavy atom. The first-order valence-corrected chi connectivity index (χ1v) is 12.7. The molecule has 2 saturated heterocycles. The molecule has 3 aromatic carbocycles. The third-order valence-electron chi connectivity index (χ3n) is 6.98. The minimum atomic E-state index is -0.883. The van der Waals surface area contributed by atoms with Crippen molar-refractivity contribution in [2.45, 2.75) is 32.2 Å². The Hall–Kier alpha value is -4.24. The third kappa shape index (κ3) is 5.10. The molecule has 0 spiro atoms. The number of carbonyl (C=O) groups is 3. The topological polar surface area (TPSA) is 76.2 Å². The van der Waals surface area contributed by atoms with Crippen LogP contribution in [-0.4, -0.2) is 63.5 Å². The van der Waals surface area contributed by atoms with Crippen LogP contribution in [0.15, 0.2) is 84.9 Å². The van der Waals surface area contributed by atoms with Crippen LogP contribution in [0.5, 0.6) is 0 Å². The minimum absolute atomic E-state index is 0.0136. The molecule has 0 saturated carbocycles. The van der Waals surface area contributed by atoms with Gasteiger partial charge in [0.25, 0.3) is 5.91 Å². The lowest BCUT2D eigenvalue weighted by Gasteiger charge is -2.55. The third-order valence-corrected chi connectivity index (χ3v) is 6.98. The number of halogens is 1. The molecule has 0 unspecified atom stereocenters. The number of benzene rings is 3. The van der Waals surface area contributed by atoms with E-state index >= 15 is 0 Å². The van der Waals surface area contributed by atoms with E-state index in [9.17, 15) is 18.8 Å². The summed E-state index contributed by atoms with van der Waals surface area (Å²) in [4.78, 5) is 44.2. The number of likely N-dealkylation sites (N-methyl/N-ethyl adjacent to an activating group) is 1. The molecule has 1 N–H and O–H groups in total. The molecule has 8 nitrogen and oxygen atoms in total. The fourth-order valence-electron chi connectivity index (χ4n) is 5.12. The lowest BCUT2D eigenvalue weighted by atomic mass is 9.98. The van der Waals surface area contributed by atoms with Gasteiger partial charge in [0.1, 0.15) is 18.0 Å². The summed E-state index contributed by atoms with van der Waals surface area (Å²) < 4.78 is 13.5. The average molecular weight is 516 g/mol. The number of nitrogens with one attached hydrogen (secondary N) is 1. The van der Waals surface area contributed by atoms with Crippen molar-refractivity contribution in [1.82, 2.24) is 25.1 Å². The maximum atomic E-state index is 13.9. The SMILES string of the molecule is CCN1CC(=O)N2[C@@H](c3ccccc3)C(=O)N(Cc3ccc(F)cc3)C[C@@H]2N1C(=O)NCc1ccccc1. The molecule has 2 fully saturated rings. The van der Waals surface area contributed by atoms with Crippen LogP contribution in [0.25, 0.3) is 0 Å². The van der Waals surface area contributed by atoms with Crippen molar-refractivity contribution >= 4 is 17.8 Å². The molecule has 0 aromatic heterocycles. The quantitative estimate of drug-likeness (QED) is 0.545. The van der Waals surface area contributed by atoms with Gasteiger partial charge in [-0.3, -0.25) is 9.59 Å². The molecular formula is C29H30FN5O3. The highest BCUT2D eigenvalue weighted by Gasteiger charge is 2.51. The minimum Gasteiger partial charge on any atom is -0.333 e. The molecule has 4 amide bonds. The van der Waals surface area contributed by atoms with Crippen LogP contribution >= 0.6 is 0 Å². The molecule has 3 aromatic rings. The number of carbonyl (C=O) groups excluding carboxylic acids is 3. The van der Waals surface area contributed by atoms with Crippen LogP contribution in [0.3, 0.4) is 0 Å². The van der Waals surface area contributed by atoms with Gasteiger partial charge in [0.2, 0.25) is 5.91 Å².